The number of hydrogen-bond acceptors (Lipinski definition) is 4. The van der Waals surface area contributed by atoms with E-state index >= 15 is 0 Å². The highest BCUT2D eigenvalue weighted by Crippen LogP contribution is 2.37. The number of ether oxygens (including phenoxy) is 2. The molecule has 1 heterocycles. The molecule has 0 bridgehead atoms. The van der Waals surface area contributed by atoms with Gasteiger partial charge in [0.15, 0.2) is 5.75 Å². The summed E-state index contributed by atoms with van der Waals surface area (Å²) in [4.78, 5) is 10.9. The Kier molecular flexibility index (Phi) is 3.62. The molecule has 0 spiro atoms. The van der Waals surface area contributed by atoms with Gasteiger partial charge in [0.05, 0.1) is 13.3 Å². The maximum absolute atomic E-state index is 10.9. The number of rotatable bonds is 3. The highest BCUT2D eigenvalue weighted by atomic mass is 35.5. The van der Waals surface area contributed by atoms with Crippen LogP contribution >= 0.6 is 11.6 Å². The highest BCUT2D eigenvalue weighted by molar-refractivity contribution is 6.31. The van der Waals surface area contributed by atoms with Crippen molar-refractivity contribution in [2.75, 3.05) is 7.11 Å². The molecule has 0 aliphatic rings. The summed E-state index contributed by atoms with van der Waals surface area (Å²) in [5.74, 6) is 0.831. The monoisotopic (exact) mass is 281 g/mol. The number of benzene rings is 1. The molecule has 2 rings (SSSR count). The van der Waals surface area contributed by atoms with Gasteiger partial charge in [0.25, 0.3) is 0 Å². The highest BCUT2D eigenvalue weighted by Gasteiger charge is 2.18. The number of methoxy groups -OCH3 is 1. The summed E-state index contributed by atoms with van der Waals surface area (Å²) < 4.78 is 11.7. The van der Waals surface area contributed by atoms with Gasteiger partial charge in [-0.3, -0.25) is 4.68 Å². The molecule has 7 heteroatoms. The Morgan fingerprint density at radius 3 is 2.79 bits per heavy atom. The van der Waals surface area contributed by atoms with Gasteiger partial charge in [-0.05, 0) is 18.2 Å². The first-order valence-corrected chi connectivity index (χ1v) is 5.74. The van der Waals surface area contributed by atoms with E-state index in [1.165, 1.54) is 13.3 Å². The zero-order valence-electron chi connectivity index (χ0n) is 10.4. The normalized spacial score (nSPS) is 10.3. The zero-order valence-corrected chi connectivity index (χ0v) is 11.1. The van der Waals surface area contributed by atoms with Crippen LogP contribution in [0.4, 0.5) is 4.79 Å². The molecule has 0 unspecified atom stereocenters. The van der Waals surface area contributed by atoms with E-state index in [0.29, 0.717) is 22.0 Å². The van der Waals surface area contributed by atoms with Crippen LogP contribution in [-0.2, 0) is 7.05 Å². The molecular formula is C12H12ClN3O3. The van der Waals surface area contributed by atoms with E-state index < -0.39 is 6.09 Å². The fraction of sp³-hybridized carbons (Fsp3) is 0.167. The number of aromatic nitrogens is 2. The first-order valence-electron chi connectivity index (χ1n) is 5.36. The Morgan fingerprint density at radius 1 is 1.42 bits per heavy atom. The lowest BCUT2D eigenvalue weighted by atomic mass is 10.1. The number of halogens is 1. The third-order valence-electron chi connectivity index (χ3n) is 2.53. The molecule has 1 aromatic carbocycles. The average Bonchev–Trinajstić information content (AvgIpc) is 2.69. The molecule has 2 aromatic rings. The lowest BCUT2D eigenvalue weighted by molar-refractivity contribution is 0.211. The van der Waals surface area contributed by atoms with E-state index in [-0.39, 0.29) is 5.75 Å². The Hall–Kier alpha value is -2.21. The maximum Gasteiger partial charge on any atom is 0.410 e. The second-order valence-corrected chi connectivity index (χ2v) is 4.18. The number of primary amides is 1. The Labute approximate surface area is 114 Å². The minimum absolute atomic E-state index is 0.246. The standard InChI is InChI=1S/C12H12ClN3O3/c1-16-11(10(6-15-16)19-12(14)17)8-5-7(13)3-4-9(8)18-2/h3-6H,1-2H3,(H2,14,17). The fourth-order valence-electron chi connectivity index (χ4n) is 1.77. The minimum Gasteiger partial charge on any atom is -0.496 e. The van der Waals surface area contributed by atoms with E-state index in [9.17, 15) is 4.79 Å². The van der Waals surface area contributed by atoms with Gasteiger partial charge < -0.3 is 15.2 Å². The van der Waals surface area contributed by atoms with Crippen molar-refractivity contribution in [3.63, 3.8) is 0 Å². The van der Waals surface area contributed by atoms with Gasteiger partial charge in [0.1, 0.15) is 11.4 Å². The first kappa shape index (κ1) is 13.2. The molecular weight excluding hydrogens is 270 g/mol. The van der Waals surface area contributed by atoms with Gasteiger partial charge in [-0.2, -0.15) is 5.10 Å². The Bertz CT molecular complexity index is 625. The first-order chi connectivity index (χ1) is 9.02. The molecule has 1 aromatic heterocycles. The quantitative estimate of drug-likeness (QED) is 0.935. The fourth-order valence-corrected chi connectivity index (χ4v) is 1.94. The molecule has 6 nitrogen and oxygen atoms in total. The van der Waals surface area contributed by atoms with Crippen LogP contribution in [0, 0.1) is 0 Å². The summed E-state index contributed by atoms with van der Waals surface area (Å²) in [5, 5.41) is 4.57. The minimum atomic E-state index is -0.907. The van der Waals surface area contributed by atoms with Crippen molar-refractivity contribution < 1.29 is 14.3 Å². The van der Waals surface area contributed by atoms with Crippen LogP contribution in [0.2, 0.25) is 5.02 Å². The maximum atomic E-state index is 10.9. The van der Waals surface area contributed by atoms with E-state index in [1.807, 2.05) is 0 Å². The SMILES string of the molecule is COc1ccc(Cl)cc1-c1c(OC(N)=O)cnn1C. The van der Waals surface area contributed by atoms with Crippen LogP contribution in [0.1, 0.15) is 0 Å². The summed E-state index contributed by atoms with van der Waals surface area (Å²) in [5.41, 5.74) is 6.24. The van der Waals surface area contributed by atoms with E-state index in [0.717, 1.165) is 0 Å². The van der Waals surface area contributed by atoms with Crippen LogP contribution in [0.25, 0.3) is 11.3 Å². The van der Waals surface area contributed by atoms with Crippen molar-refractivity contribution in [3.8, 4) is 22.8 Å². The predicted molar refractivity (Wildman–Crippen MR) is 70.4 cm³/mol. The largest absolute Gasteiger partial charge is 0.496 e. The Balaban J connectivity index is 2.60. The number of carbonyl (C=O) groups excluding carboxylic acids is 1. The molecule has 1 amide bonds. The molecule has 100 valence electrons. The number of hydrogen-bond donors (Lipinski definition) is 1. The molecule has 0 fully saturated rings. The van der Waals surface area contributed by atoms with E-state index in [1.54, 1.807) is 29.9 Å². The Morgan fingerprint density at radius 2 is 2.16 bits per heavy atom. The van der Waals surface area contributed by atoms with Gasteiger partial charge >= 0.3 is 6.09 Å². The van der Waals surface area contributed by atoms with Crippen molar-refractivity contribution in [1.82, 2.24) is 9.78 Å². The number of nitrogens with two attached hydrogens (primary N) is 1. The number of amides is 1. The average molecular weight is 282 g/mol. The second-order valence-electron chi connectivity index (χ2n) is 3.75. The van der Waals surface area contributed by atoms with Crippen molar-refractivity contribution in [2.24, 2.45) is 12.8 Å². The second kappa shape index (κ2) is 5.19. The summed E-state index contributed by atoms with van der Waals surface area (Å²) in [6.45, 7) is 0. The van der Waals surface area contributed by atoms with Crippen LogP contribution in [0.3, 0.4) is 0 Å². The summed E-state index contributed by atoms with van der Waals surface area (Å²) in [6.07, 6.45) is 0.496. The molecule has 0 atom stereocenters. The van der Waals surface area contributed by atoms with Crippen molar-refractivity contribution in [2.45, 2.75) is 0 Å². The number of carbonyl (C=O) groups is 1. The van der Waals surface area contributed by atoms with Crippen LogP contribution in [-0.4, -0.2) is 23.0 Å². The predicted octanol–water partition coefficient (Wildman–Crippen LogP) is 2.21. The zero-order chi connectivity index (χ0) is 14.0. The molecule has 0 saturated carbocycles. The van der Waals surface area contributed by atoms with Gasteiger partial charge in [0.2, 0.25) is 0 Å². The van der Waals surface area contributed by atoms with E-state index in [4.69, 9.17) is 26.8 Å². The topological polar surface area (TPSA) is 79.4 Å². The van der Waals surface area contributed by atoms with Crippen LogP contribution in [0.5, 0.6) is 11.5 Å². The molecule has 19 heavy (non-hydrogen) atoms. The van der Waals surface area contributed by atoms with Gasteiger partial charge in [0, 0.05) is 17.6 Å². The van der Waals surface area contributed by atoms with Crippen molar-refractivity contribution in [1.29, 1.82) is 0 Å². The van der Waals surface area contributed by atoms with Crippen LogP contribution in [0.15, 0.2) is 24.4 Å². The smallest absolute Gasteiger partial charge is 0.410 e. The molecule has 0 saturated heterocycles. The lowest BCUT2D eigenvalue weighted by Gasteiger charge is -2.11. The third kappa shape index (κ3) is 2.63. The van der Waals surface area contributed by atoms with E-state index in [2.05, 4.69) is 5.10 Å². The van der Waals surface area contributed by atoms with Crippen molar-refractivity contribution >= 4 is 17.7 Å². The molecule has 0 radical (unpaired) electrons. The van der Waals surface area contributed by atoms with Gasteiger partial charge in [-0.1, -0.05) is 11.6 Å². The third-order valence-corrected chi connectivity index (χ3v) is 2.77. The number of aryl methyl sites for hydroxylation is 1. The van der Waals surface area contributed by atoms with Crippen LogP contribution < -0.4 is 15.2 Å². The summed E-state index contributed by atoms with van der Waals surface area (Å²) in [7, 11) is 3.25. The molecule has 0 aliphatic heterocycles. The lowest BCUT2D eigenvalue weighted by Crippen LogP contribution is -2.16. The number of nitrogens with zero attached hydrogens (tertiary/aromatic N) is 2. The van der Waals surface area contributed by atoms with Gasteiger partial charge in [-0.25, -0.2) is 4.79 Å². The summed E-state index contributed by atoms with van der Waals surface area (Å²) in [6, 6.07) is 5.12. The molecule has 0 aliphatic carbocycles. The molecule has 2 N–H and O–H groups in total. The van der Waals surface area contributed by atoms with Gasteiger partial charge in [-0.15, -0.1) is 0 Å². The van der Waals surface area contributed by atoms with Crippen molar-refractivity contribution in [3.05, 3.63) is 29.4 Å². The summed E-state index contributed by atoms with van der Waals surface area (Å²) >= 11 is 5.98.